The molecule has 5 heteroatoms. The van der Waals surface area contributed by atoms with Crippen LogP contribution in [-0.4, -0.2) is 26.1 Å². The Balaban J connectivity index is 3.02. The summed E-state index contributed by atoms with van der Waals surface area (Å²) in [7, 11) is 0. The van der Waals surface area contributed by atoms with Crippen LogP contribution in [0, 0.1) is 0 Å². The number of ether oxygens (including phenoxy) is 1. The predicted octanol–water partition coefficient (Wildman–Crippen LogP) is 1.52. The third kappa shape index (κ3) is 9.71. The van der Waals surface area contributed by atoms with Gasteiger partial charge in [0.15, 0.2) is 0 Å². The summed E-state index contributed by atoms with van der Waals surface area (Å²) < 4.78 is 39.0. The van der Waals surface area contributed by atoms with E-state index < -0.39 is 6.30 Å². The molecule has 0 amide bonds. The molecular formula is C6H12F3NO. The van der Waals surface area contributed by atoms with Crippen LogP contribution in [0.4, 0.5) is 13.2 Å². The van der Waals surface area contributed by atoms with E-state index in [0.29, 0.717) is 6.61 Å². The van der Waals surface area contributed by atoms with E-state index in [1.165, 1.54) is 5.32 Å². The number of halogens is 3. The minimum Gasteiger partial charge on any atom is -0.380 e. The highest BCUT2D eigenvalue weighted by atomic mass is 19.4. The van der Waals surface area contributed by atoms with Gasteiger partial charge in [-0.25, -0.2) is 5.32 Å². The first-order chi connectivity index (χ1) is 5.06. The molecule has 0 spiro atoms. The minimum atomic E-state index is -4.28. The van der Waals surface area contributed by atoms with Crippen LogP contribution in [0.5, 0.6) is 0 Å². The molecule has 2 nitrogen and oxygen atoms in total. The summed E-state index contributed by atoms with van der Waals surface area (Å²) >= 11 is 0. The van der Waals surface area contributed by atoms with Gasteiger partial charge in [-0.05, 0) is 6.42 Å². The standard InChI is InChI=1S/C6H12F3NO/c1-2-4-11-5-3-10-6(7,8)9/h10H,2-5H2,1H3. The molecule has 0 radical (unpaired) electrons. The van der Waals surface area contributed by atoms with Crippen LogP contribution >= 0.6 is 0 Å². The summed E-state index contributed by atoms with van der Waals surface area (Å²) in [6.45, 7) is 2.34. The third-order valence-corrected chi connectivity index (χ3v) is 0.920. The Morgan fingerprint density at radius 1 is 1.27 bits per heavy atom. The van der Waals surface area contributed by atoms with E-state index in [2.05, 4.69) is 0 Å². The Morgan fingerprint density at radius 2 is 1.91 bits per heavy atom. The maximum Gasteiger partial charge on any atom is 0.457 e. The quantitative estimate of drug-likeness (QED) is 0.500. The number of rotatable bonds is 5. The molecule has 0 aliphatic heterocycles. The SMILES string of the molecule is CCCOCCNC(F)(F)F. The normalized spacial score (nSPS) is 12.0. The van der Waals surface area contributed by atoms with Gasteiger partial charge in [0.2, 0.25) is 0 Å². The van der Waals surface area contributed by atoms with E-state index in [0.717, 1.165) is 6.42 Å². The molecule has 0 bridgehead atoms. The average molecular weight is 171 g/mol. The zero-order chi connectivity index (χ0) is 8.74. The number of nitrogens with one attached hydrogen (secondary N) is 1. The van der Waals surface area contributed by atoms with Gasteiger partial charge in [-0.3, -0.25) is 0 Å². The van der Waals surface area contributed by atoms with E-state index in [-0.39, 0.29) is 13.2 Å². The molecule has 0 aromatic heterocycles. The van der Waals surface area contributed by atoms with Crippen molar-refractivity contribution in [1.29, 1.82) is 0 Å². The van der Waals surface area contributed by atoms with Crippen LogP contribution in [0.1, 0.15) is 13.3 Å². The molecule has 0 fully saturated rings. The van der Waals surface area contributed by atoms with Crippen molar-refractivity contribution >= 4 is 0 Å². The lowest BCUT2D eigenvalue weighted by Crippen LogP contribution is -2.34. The molecule has 0 aromatic rings. The van der Waals surface area contributed by atoms with Gasteiger partial charge in [0.1, 0.15) is 0 Å². The second-order valence-corrected chi connectivity index (χ2v) is 2.04. The minimum absolute atomic E-state index is 0.105. The van der Waals surface area contributed by atoms with Gasteiger partial charge in [0.25, 0.3) is 0 Å². The van der Waals surface area contributed by atoms with Crippen LogP contribution < -0.4 is 5.32 Å². The molecule has 11 heavy (non-hydrogen) atoms. The molecule has 68 valence electrons. The van der Waals surface area contributed by atoms with Gasteiger partial charge >= 0.3 is 6.30 Å². The Kier molecular flexibility index (Phi) is 5.23. The number of hydrogen-bond donors (Lipinski definition) is 1. The molecule has 1 N–H and O–H groups in total. The smallest absolute Gasteiger partial charge is 0.380 e. The van der Waals surface area contributed by atoms with Gasteiger partial charge in [0, 0.05) is 13.2 Å². The molecule has 0 rings (SSSR count). The van der Waals surface area contributed by atoms with Gasteiger partial charge in [-0.1, -0.05) is 6.92 Å². The molecule has 0 saturated heterocycles. The van der Waals surface area contributed by atoms with Crippen LogP contribution in [0.3, 0.4) is 0 Å². The van der Waals surface area contributed by atoms with Crippen molar-refractivity contribution in [2.45, 2.75) is 19.6 Å². The lowest BCUT2D eigenvalue weighted by Gasteiger charge is -2.07. The fraction of sp³-hybridized carbons (Fsp3) is 1.00. The van der Waals surface area contributed by atoms with E-state index in [1.807, 2.05) is 6.92 Å². The van der Waals surface area contributed by atoms with Crippen molar-refractivity contribution in [3.63, 3.8) is 0 Å². The zero-order valence-electron chi connectivity index (χ0n) is 6.37. The Bertz CT molecular complexity index is 94.3. The highest BCUT2D eigenvalue weighted by Gasteiger charge is 2.25. The monoisotopic (exact) mass is 171 g/mol. The highest BCUT2D eigenvalue weighted by molar-refractivity contribution is 4.46. The summed E-state index contributed by atoms with van der Waals surface area (Å²) in [4.78, 5) is 0. The van der Waals surface area contributed by atoms with Crippen molar-refractivity contribution < 1.29 is 17.9 Å². The molecule has 0 heterocycles. The topological polar surface area (TPSA) is 21.3 Å². The summed E-state index contributed by atoms with van der Waals surface area (Å²) in [6, 6.07) is 0. The maximum absolute atomic E-state index is 11.4. The molecular weight excluding hydrogens is 159 g/mol. The van der Waals surface area contributed by atoms with Gasteiger partial charge in [0.05, 0.1) is 6.61 Å². The van der Waals surface area contributed by atoms with Crippen LogP contribution in [0.15, 0.2) is 0 Å². The van der Waals surface area contributed by atoms with Crippen molar-refractivity contribution in [1.82, 2.24) is 5.32 Å². The van der Waals surface area contributed by atoms with Gasteiger partial charge in [-0.2, -0.15) is 13.2 Å². The lowest BCUT2D eigenvalue weighted by atomic mass is 10.5. The van der Waals surface area contributed by atoms with Crippen LogP contribution in [-0.2, 0) is 4.74 Å². The summed E-state index contributed by atoms with van der Waals surface area (Å²) in [5.41, 5.74) is 0. The Labute approximate surface area is 63.7 Å². The molecule has 0 aliphatic rings. The fourth-order valence-corrected chi connectivity index (χ4v) is 0.511. The van der Waals surface area contributed by atoms with Crippen LogP contribution in [0.2, 0.25) is 0 Å². The lowest BCUT2D eigenvalue weighted by molar-refractivity contribution is -0.158. The third-order valence-electron chi connectivity index (χ3n) is 0.920. The summed E-state index contributed by atoms with van der Waals surface area (Å²) in [6.07, 6.45) is -3.46. The first-order valence-corrected chi connectivity index (χ1v) is 3.45. The van der Waals surface area contributed by atoms with E-state index in [1.54, 1.807) is 0 Å². The highest BCUT2D eigenvalue weighted by Crippen LogP contribution is 2.07. The van der Waals surface area contributed by atoms with E-state index >= 15 is 0 Å². The molecule has 0 unspecified atom stereocenters. The molecule has 0 aromatic carbocycles. The number of alkyl halides is 3. The zero-order valence-corrected chi connectivity index (χ0v) is 6.37. The van der Waals surface area contributed by atoms with Crippen molar-refractivity contribution in [2.24, 2.45) is 0 Å². The average Bonchev–Trinajstić information content (AvgIpc) is 1.85. The van der Waals surface area contributed by atoms with Gasteiger partial charge < -0.3 is 4.74 Å². The largest absolute Gasteiger partial charge is 0.457 e. The first kappa shape index (κ1) is 10.7. The predicted molar refractivity (Wildman–Crippen MR) is 35.2 cm³/mol. The van der Waals surface area contributed by atoms with Crippen molar-refractivity contribution in [3.8, 4) is 0 Å². The number of hydrogen-bond acceptors (Lipinski definition) is 2. The first-order valence-electron chi connectivity index (χ1n) is 3.45. The maximum atomic E-state index is 11.4. The van der Waals surface area contributed by atoms with E-state index in [9.17, 15) is 13.2 Å². The molecule has 0 saturated carbocycles. The molecule has 0 atom stereocenters. The Morgan fingerprint density at radius 3 is 2.36 bits per heavy atom. The van der Waals surface area contributed by atoms with Crippen LogP contribution in [0.25, 0.3) is 0 Å². The molecule has 0 aliphatic carbocycles. The van der Waals surface area contributed by atoms with Crippen molar-refractivity contribution in [3.05, 3.63) is 0 Å². The van der Waals surface area contributed by atoms with Crippen molar-refractivity contribution in [2.75, 3.05) is 19.8 Å². The summed E-state index contributed by atoms with van der Waals surface area (Å²) in [5.74, 6) is 0. The second kappa shape index (κ2) is 5.37. The van der Waals surface area contributed by atoms with E-state index in [4.69, 9.17) is 4.74 Å². The van der Waals surface area contributed by atoms with Gasteiger partial charge in [-0.15, -0.1) is 0 Å². The summed E-state index contributed by atoms with van der Waals surface area (Å²) in [5, 5.41) is 1.36. The Hall–Kier alpha value is -0.290. The second-order valence-electron chi connectivity index (χ2n) is 2.04. The fourth-order valence-electron chi connectivity index (χ4n) is 0.511.